The summed E-state index contributed by atoms with van der Waals surface area (Å²) in [5, 5.41) is 2.28. The van der Waals surface area contributed by atoms with Gasteiger partial charge in [0, 0.05) is 24.8 Å². The maximum absolute atomic E-state index is 11.7. The third-order valence-corrected chi connectivity index (χ3v) is 3.41. The molecule has 0 fully saturated rings. The van der Waals surface area contributed by atoms with Gasteiger partial charge in [0.2, 0.25) is 0 Å². The second kappa shape index (κ2) is 5.27. The van der Waals surface area contributed by atoms with Gasteiger partial charge in [-0.2, -0.15) is 0 Å². The normalized spacial score (nSPS) is 12.4. The molecular formula is C16H15N3O. The van der Waals surface area contributed by atoms with Crippen molar-refractivity contribution in [1.29, 1.82) is 0 Å². The summed E-state index contributed by atoms with van der Waals surface area (Å²) in [5.74, 6) is 0. The van der Waals surface area contributed by atoms with Crippen molar-refractivity contribution in [2.24, 2.45) is 5.73 Å². The average molecular weight is 265 g/mol. The molecule has 1 aromatic heterocycles. The molecule has 3 aromatic rings. The second-order valence-electron chi connectivity index (χ2n) is 4.75. The van der Waals surface area contributed by atoms with Crippen molar-refractivity contribution in [3.63, 3.8) is 0 Å². The highest BCUT2D eigenvalue weighted by Gasteiger charge is 2.10. The van der Waals surface area contributed by atoms with Gasteiger partial charge >= 0.3 is 0 Å². The molecule has 0 aliphatic rings. The topological polar surface area (TPSA) is 60.9 Å². The van der Waals surface area contributed by atoms with Crippen molar-refractivity contribution >= 4 is 10.8 Å². The molecule has 3 rings (SSSR count). The van der Waals surface area contributed by atoms with Crippen molar-refractivity contribution in [3.8, 4) is 0 Å². The van der Waals surface area contributed by atoms with Gasteiger partial charge in [-0.25, -0.2) is 4.98 Å². The van der Waals surface area contributed by atoms with Gasteiger partial charge in [0.1, 0.15) is 0 Å². The number of aromatic nitrogens is 2. The van der Waals surface area contributed by atoms with Crippen molar-refractivity contribution in [2.45, 2.75) is 12.6 Å². The highest BCUT2D eigenvalue weighted by atomic mass is 16.1. The molecule has 0 radical (unpaired) electrons. The summed E-state index contributed by atoms with van der Waals surface area (Å²) in [6, 6.07) is 15.4. The zero-order valence-corrected chi connectivity index (χ0v) is 10.9. The first kappa shape index (κ1) is 12.6. The molecule has 0 aliphatic carbocycles. The molecular weight excluding hydrogens is 250 g/mol. The smallest absolute Gasteiger partial charge is 0.253 e. The number of rotatable bonds is 3. The molecule has 2 N–H and O–H groups in total. The van der Waals surface area contributed by atoms with Gasteiger partial charge in [0.25, 0.3) is 5.56 Å². The van der Waals surface area contributed by atoms with Gasteiger partial charge in [0.05, 0.1) is 6.33 Å². The molecule has 1 atom stereocenters. The number of nitrogens with zero attached hydrogens (tertiary/aromatic N) is 2. The monoisotopic (exact) mass is 265 g/mol. The minimum absolute atomic E-state index is 0.0873. The standard InChI is InChI=1S/C16H15N3O/c17-15(10-19-11-18-9-8-16(19)20)14-7-3-5-12-4-1-2-6-13(12)14/h1-9,11,15H,10,17H2. The van der Waals surface area contributed by atoms with E-state index in [1.165, 1.54) is 23.2 Å². The van der Waals surface area contributed by atoms with E-state index in [2.05, 4.69) is 23.2 Å². The number of hydrogen-bond acceptors (Lipinski definition) is 3. The molecule has 4 heteroatoms. The second-order valence-corrected chi connectivity index (χ2v) is 4.75. The van der Waals surface area contributed by atoms with Gasteiger partial charge in [-0.15, -0.1) is 0 Å². The van der Waals surface area contributed by atoms with Gasteiger partial charge in [-0.1, -0.05) is 42.5 Å². The quantitative estimate of drug-likeness (QED) is 0.789. The van der Waals surface area contributed by atoms with Crippen LogP contribution in [0.25, 0.3) is 10.8 Å². The van der Waals surface area contributed by atoms with Crippen LogP contribution in [0.1, 0.15) is 11.6 Å². The Morgan fingerprint density at radius 1 is 1.10 bits per heavy atom. The lowest BCUT2D eigenvalue weighted by molar-refractivity contribution is 0.557. The molecule has 4 nitrogen and oxygen atoms in total. The Balaban J connectivity index is 1.99. The van der Waals surface area contributed by atoms with Crippen LogP contribution in [0.2, 0.25) is 0 Å². The Labute approximate surface area is 116 Å². The zero-order valence-electron chi connectivity index (χ0n) is 10.9. The molecule has 100 valence electrons. The molecule has 0 bridgehead atoms. The van der Waals surface area contributed by atoms with Crippen LogP contribution in [0.3, 0.4) is 0 Å². The van der Waals surface area contributed by atoms with E-state index in [-0.39, 0.29) is 11.6 Å². The van der Waals surface area contributed by atoms with Crippen LogP contribution in [-0.2, 0) is 6.54 Å². The molecule has 1 heterocycles. The summed E-state index contributed by atoms with van der Waals surface area (Å²) in [4.78, 5) is 15.7. The van der Waals surface area contributed by atoms with E-state index in [1.807, 2.05) is 24.3 Å². The van der Waals surface area contributed by atoms with Crippen LogP contribution in [0.4, 0.5) is 0 Å². The summed E-state index contributed by atoms with van der Waals surface area (Å²) in [6.07, 6.45) is 3.01. The molecule has 0 aliphatic heterocycles. The molecule has 0 amide bonds. The lowest BCUT2D eigenvalue weighted by atomic mass is 9.99. The molecule has 1 unspecified atom stereocenters. The number of hydrogen-bond donors (Lipinski definition) is 1. The fourth-order valence-corrected chi connectivity index (χ4v) is 2.40. The van der Waals surface area contributed by atoms with Crippen LogP contribution in [0.15, 0.2) is 65.8 Å². The summed E-state index contributed by atoms with van der Waals surface area (Å²) < 4.78 is 1.53. The summed E-state index contributed by atoms with van der Waals surface area (Å²) >= 11 is 0. The Morgan fingerprint density at radius 3 is 2.75 bits per heavy atom. The molecule has 20 heavy (non-hydrogen) atoms. The van der Waals surface area contributed by atoms with E-state index in [1.54, 1.807) is 0 Å². The highest BCUT2D eigenvalue weighted by molar-refractivity contribution is 5.86. The largest absolute Gasteiger partial charge is 0.322 e. The van der Waals surface area contributed by atoms with Crippen LogP contribution in [-0.4, -0.2) is 9.55 Å². The van der Waals surface area contributed by atoms with Crippen molar-refractivity contribution in [1.82, 2.24) is 9.55 Å². The Hall–Kier alpha value is -2.46. The van der Waals surface area contributed by atoms with Gasteiger partial charge in [-0.3, -0.25) is 9.36 Å². The van der Waals surface area contributed by atoms with Crippen molar-refractivity contribution < 1.29 is 0 Å². The minimum Gasteiger partial charge on any atom is -0.322 e. The molecule has 0 saturated heterocycles. The van der Waals surface area contributed by atoms with Crippen LogP contribution in [0, 0.1) is 0 Å². The van der Waals surface area contributed by atoms with Crippen LogP contribution in [0.5, 0.6) is 0 Å². The van der Waals surface area contributed by atoms with Gasteiger partial charge < -0.3 is 5.73 Å². The lowest BCUT2D eigenvalue weighted by Crippen LogP contribution is -2.26. The van der Waals surface area contributed by atoms with Crippen molar-refractivity contribution in [3.05, 3.63) is 77.0 Å². The predicted molar refractivity (Wildman–Crippen MR) is 79.4 cm³/mol. The summed E-state index contributed by atoms with van der Waals surface area (Å²) in [5.41, 5.74) is 7.23. The Kier molecular flexibility index (Phi) is 3.31. The first-order chi connectivity index (χ1) is 9.75. The number of nitrogens with two attached hydrogens (primary N) is 1. The Morgan fingerprint density at radius 2 is 1.90 bits per heavy atom. The summed E-state index contributed by atoms with van der Waals surface area (Å²) in [6.45, 7) is 0.417. The van der Waals surface area contributed by atoms with Gasteiger partial charge in [0.15, 0.2) is 0 Å². The number of benzene rings is 2. The third-order valence-electron chi connectivity index (χ3n) is 3.41. The third kappa shape index (κ3) is 2.33. The van der Waals surface area contributed by atoms with Crippen LogP contribution >= 0.6 is 0 Å². The Bertz CT molecular complexity index is 789. The molecule has 2 aromatic carbocycles. The van der Waals surface area contributed by atoms with E-state index < -0.39 is 0 Å². The predicted octanol–water partition coefficient (Wildman–Crippen LogP) is 2.10. The SMILES string of the molecule is NC(Cn1cnccc1=O)c1cccc2ccccc12. The maximum atomic E-state index is 11.7. The van der Waals surface area contributed by atoms with E-state index in [0.29, 0.717) is 6.54 Å². The highest BCUT2D eigenvalue weighted by Crippen LogP contribution is 2.23. The number of fused-ring (bicyclic) bond motifs is 1. The molecule has 0 spiro atoms. The zero-order chi connectivity index (χ0) is 13.9. The maximum Gasteiger partial charge on any atom is 0.253 e. The van der Waals surface area contributed by atoms with E-state index in [9.17, 15) is 4.79 Å². The van der Waals surface area contributed by atoms with Gasteiger partial charge in [-0.05, 0) is 16.3 Å². The van der Waals surface area contributed by atoms with E-state index in [0.717, 1.165) is 16.3 Å². The first-order valence-corrected chi connectivity index (χ1v) is 6.49. The van der Waals surface area contributed by atoms with E-state index >= 15 is 0 Å². The van der Waals surface area contributed by atoms with E-state index in [4.69, 9.17) is 5.73 Å². The molecule has 0 saturated carbocycles. The van der Waals surface area contributed by atoms with Crippen molar-refractivity contribution in [2.75, 3.05) is 0 Å². The van der Waals surface area contributed by atoms with Crippen LogP contribution < -0.4 is 11.3 Å². The summed E-state index contributed by atoms with van der Waals surface area (Å²) in [7, 11) is 0. The average Bonchev–Trinajstić information content (AvgIpc) is 2.49. The first-order valence-electron chi connectivity index (χ1n) is 6.49. The fourth-order valence-electron chi connectivity index (χ4n) is 2.40. The minimum atomic E-state index is -0.247. The fraction of sp³-hybridized carbons (Fsp3) is 0.125. The lowest BCUT2D eigenvalue weighted by Gasteiger charge is -2.15.